The second-order valence-corrected chi connectivity index (χ2v) is 2.60. The number of hydrogen-bond acceptors (Lipinski definition) is 5. The Morgan fingerprint density at radius 1 is 1.36 bits per heavy atom. The van der Waals surface area contributed by atoms with Gasteiger partial charge >= 0.3 is 6.01 Å². The summed E-state index contributed by atoms with van der Waals surface area (Å²) in [4.78, 5) is 1.30. The van der Waals surface area contributed by atoms with E-state index in [4.69, 9.17) is 10.5 Å². The van der Waals surface area contributed by atoms with Crippen LogP contribution in [0, 0.1) is 0 Å². The zero-order valence-corrected chi connectivity index (χ0v) is 7.54. The normalized spacial score (nSPS) is 10.1. The van der Waals surface area contributed by atoms with E-state index in [1.807, 2.05) is 0 Å². The summed E-state index contributed by atoms with van der Waals surface area (Å²) in [5.74, 6) is 0.769. The molecule has 0 fully saturated rings. The van der Waals surface area contributed by atoms with E-state index in [0.717, 1.165) is 11.4 Å². The van der Waals surface area contributed by atoms with E-state index < -0.39 is 0 Å². The minimum absolute atomic E-state index is 0.0285. The Hall–Kier alpha value is -2.11. The van der Waals surface area contributed by atoms with Crippen LogP contribution in [0.3, 0.4) is 0 Å². The highest BCUT2D eigenvalue weighted by Gasteiger charge is 2.14. The molecule has 2 aromatic rings. The fourth-order valence-electron chi connectivity index (χ4n) is 1.03. The largest absolute Gasteiger partial charge is 0.497 e. The molecule has 1 aromatic carbocycles. The van der Waals surface area contributed by atoms with Crippen LogP contribution in [0.2, 0.25) is 0 Å². The van der Waals surface area contributed by atoms with E-state index >= 15 is 0 Å². The molecule has 0 atom stereocenters. The SMILES string of the molecule is COc1ccc(-[n+]2noc(N)n2)cc1. The molecule has 0 radical (unpaired) electrons. The molecule has 0 aliphatic carbocycles. The number of hydrogen-bond donors (Lipinski definition) is 1. The number of aromatic nitrogens is 3. The first-order valence-electron chi connectivity index (χ1n) is 3.96. The summed E-state index contributed by atoms with van der Waals surface area (Å²) in [5.41, 5.74) is 6.04. The summed E-state index contributed by atoms with van der Waals surface area (Å²) >= 11 is 0. The Bertz CT molecular complexity index is 423. The number of nitrogens with two attached hydrogens (primary N) is 1. The van der Waals surface area contributed by atoms with Gasteiger partial charge in [0.1, 0.15) is 10.5 Å². The Kier molecular flexibility index (Phi) is 2.02. The van der Waals surface area contributed by atoms with E-state index in [-0.39, 0.29) is 6.01 Å². The topological polar surface area (TPSA) is 78.0 Å². The zero-order chi connectivity index (χ0) is 9.97. The number of benzene rings is 1. The Morgan fingerprint density at radius 2 is 2.07 bits per heavy atom. The second kappa shape index (κ2) is 3.33. The van der Waals surface area contributed by atoms with Crippen LogP contribution in [0.15, 0.2) is 28.8 Å². The van der Waals surface area contributed by atoms with Gasteiger partial charge in [-0.15, -0.1) is 0 Å². The van der Waals surface area contributed by atoms with Gasteiger partial charge in [0.15, 0.2) is 0 Å². The lowest BCUT2D eigenvalue weighted by Crippen LogP contribution is -2.35. The summed E-state index contributed by atoms with van der Waals surface area (Å²) < 4.78 is 9.64. The van der Waals surface area contributed by atoms with Crippen LogP contribution in [0.5, 0.6) is 5.75 Å². The van der Waals surface area contributed by atoms with E-state index in [2.05, 4.69) is 14.9 Å². The van der Waals surface area contributed by atoms with Gasteiger partial charge in [0, 0.05) is 12.1 Å². The molecular formula is C8H9N4O2+. The molecule has 6 nitrogen and oxygen atoms in total. The molecule has 6 heteroatoms. The van der Waals surface area contributed by atoms with Crippen molar-refractivity contribution in [1.29, 1.82) is 0 Å². The van der Waals surface area contributed by atoms with Gasteiger partial charge in [0.05, 0.1) is 12.2 Å². The van der Waals surface area contributed by atoms with Gasteiger partial charge in [0.25, 0.3) is 5.69 Å². The molecule has 0 aliphatic rings. The van der Waals surface area contributed by atoms with Crippen molar-refractivity contribution in [3.63, 3.8) is 0 Å². The third kappa shape index (κ3) is 1.49. The molecule has 1 aromatic heterocycles. The van der Waals surface area contributed by atoms with Crippen molar-refractivity contribution in [2.24, 2.45) is 0 Å². The van der Waals surface area contributed by atoms with E-state index in [1.165, 1.54) is 4.80 Å². The summed E-state index contributed by atoms with van der Waals surface area (Å²) in [5, 5.41) is 7.42. The smallest absolute Gasteiger partial charge is 0.387 e. The molecule has 0 amide bonds. The van der Waals surface area contributed by atoms with E-state index in [9.17, 15) is 0 Å². The van der Waals surface area contributed by atoms with Crippen LogP contribution in [0.25, 0.3) is 5.69 Å². The van der Waals surface area contributed by atoms with Crippen molar-refractivity contribution in [3.8, 4) is 11.4 Å². The number of ether oxygens (including phenoxy) is 1. The number of nitrogen functional groups attached to an aromatic ring is 1. The Labute approximate surface area is 79.9 Å². The van der Waals surface area contributed by atoms with Crippen molar-refractivity contribution in [3.05, 3.63) is 24.3 Å². The summed E-state index contributed by atoms with van der Waals surface area (Å²) in [6, 6.07) is 7.23. The molecule has 0 unspecified atom stereocenters. The Morgan fingerprint density at radius 3 is 2.57 bits per heavy atom. The highest BCUT2D eigenvalue weighted by molar-refractivity contribution is 5.30. The van der Waals surface area contributed by atoms with Crippen LogP contribution in [0.1, 0.15) is 0 Å². The maximum Gasteiger partial charge on any atom is 0.387 e. The standard InChI is InChI=1S/C8H9N4O2/c1-13-7-4-2-6(3-5-7)12-10-8(9)14-11-12/h2-5H,1H3,(H2,9,10,11)/q+1. The van der Waals surface area contributed by atoms with Crippen LogP contribution < -0.4 is 15.3 Å². The molecule has 72 valence electrons. The van der Waals surface area contributed by atoms with Crippen molar-refractivity contribution < 1.29 is 14.1 Å². The average Bonchev–Trinajstić information content (AvgIpc) is 2.65. The Balaban J connectivity index is 2.33. The molecule has 2 rings (SSSR count). The number of nitrogens with zero attached hydrogens (tertiary/aromatic N) is 3. The van der Waals surface area contributed by atoms with Crippen LogP contribution >= 0.6 is 0 Å². The maximum atomic E-state index is 5.29. The molecule has 0 aliphatic heterocycles. The van der Waals surface area contributed by atoms with E-state index in [0.29, 0.717) is 0 Å². The second-order valence-electron chi connectivity index (χ2n) is 2.60. The van der Waals surface area contributed by atoms with Crippen molar-refractivity contribution in [2.75, 3.05) is 12.8 Å². The lowest BCUT2D eigenvalue weighted by Gasteiger charge is -1.95. The van der Waals surface area contributed by atoms with Gasteiger partial charge < -0.3 is 10.5 Å². The fraction of sp³-hybridized carbons (Fsp3) is 0.125. The molecular weight excluding hydrogens is 184 g/mol. The third-order valence-electron chi connectivity index (χ3n) is 1.71. The molecule has 0 bridgehead atoms. The van der Waals surface area contributed by atoms with Gasteiger partial charge in [-0.3, -0.25) is 4.52 Å². The molecule has 1 heterocycles. The first-order valence-corrected chi connectivity index (χ1v) is 3.96. The fourth-order valence-corrected chi connectivity index (χ4v) is 1.03. The zero-order valence-electron chi connectivity index (χ0n) is 7.54. The summed E-state index contributed by atoms with van der Waals surface area (Å²) in [6.07, 6.45) is 0. The highest BCUT2D eigenvalue weighted by Crippen LogP contribution is 2.10. The van der Waals surface area contributed by atoms with Gasteiger partial charge in [-0.2, -0.15) is 0 Å². The number of anilines is 1. The van der Waals surface area contributed by atoms with Crippen LogP contribution in [-0.4, -0.2) is 17.5 Å². The van der Waals surface area contributed by atoms with Gasteiger partial charge in [0.2, 0.25) is 5.27 Å². The molecule has 0 spiro atoms. The van der Waals surface area contributed by atoms with Crippen molar-refractivity contribution in [1.82, 2.24) is 10.4 Å². The lowest BCUT2D eigenvalue weighted by atomic mass is 10.3. The van der Waals surface area contributed by atoms with E-state index in [1.54, 1.807) is 31.4 Å². The number of methoxy groups -OCH3 is 1. The lowest BCUT2D eigenvalue weighted by molar-refractivity contribution is -0.724. The quantitative estimate of drug-likeness (QED) is 0.676. The highest BCUT2D eigenvalue weighted by atomic mass is 16.5. The van der Waals surface area contributed by atoms with Crippen molar-refractivity contribution in [2.45, 2.75) is 0 Å². The van der Waals surface area contributed by atoms with Gasteiger partial charge in [-0.05, 0) is 12.1 Å². The maximum absolute atomic E-state index is 5.29. The predicted molar refractivity (Wildman–Crippen MR) is 46.8 cm³/mol. The minimum Gasteiger partial charge on any atom is -0.497 e. The predicted octanol–water partition coefficient (Wildman–Crippen LogP) is -0.0629. The molecule has 0 saturated heterocycles. The van der Waals surface area contributed by atoms with Crippen LogP contribution in [-0.2, 0) is 0 Å². The van der Waals surface area contributed by atoms with Crippen LogP contribution in [0.4, 0.5) is 6.01 Å². The third-order valence-corrected chi connectivity index (χ3v) is 1.71. The first-order chi connectivity index (χ1) is 6.79. The molecule has 2 N–H and O–H groups in total. The van der Waals surface area contributed by atoms with Crippen molar-refractivity contribution >= 4 is 6.01 Å². The number of rotatable bonds is 2. The first kappa shape index (κ1) is 8.49. The average molecular weight is 193 g/mol. The summed E-state index contributed by atoms with van der Waals surface area (Å²) in [7, 11) is 1.61. The van der Waals surface area contributed by atoms with Gasteiger partial charge in [-0.1, -0.05) is 0 Å². The van der Waals surface area contributed by atoms with Gasteiger partial charge in [-0.25, -0.2) is 0 Å². The minimum atomic E-state index is 0.0285. The monoisotopic (exact) mass is 193 g/mol. The molecule has 0 saturated carbocycles. The summed E-state index contributed by atoms with van der Waals surface area (Å²) in [6.45, 7) is 0. The molecule has 14 heavy (non-hydrogen) atoms.